The lowest BCUT2D eigenvalue weighted by Gasteiger charge is -2.23. The van der Waals surface area contributed by atoms with Crippen LogP contribution < -0.4 is 10.9 Å². The maximum Gasteiger partial charge on any atom is 0.274 e. The zero-order valence-electron chi connectivity index (χ0n) is 14.7. The molecule has 5 nitrogen and oxygen atoms in total. The van der Waals surface area contributed by atoms with Crippen LogP contribution in [0.3, 0.4) is 0 Å². The normalized spacial score (nSPS) is 15.8. The topological polar surface area (TPSA) is 56.0 Å². The van der Waals surface area contributed by atoms with E-state index in [1.54, 1.807) is 13.2 Å². The highest BCUT2D eigenvalue weighted by Crippen LogP contribution is 2.29. The van der Waals surface area contributed by atoms with Crippen molar-refractivity contribution < 1.29 is 4.79 Å². The molecule has 1 aliphatic carbocycles. The highest BCUT2D eigenvalue weighted by molar-refractivity contribution is 6.17. The minimum absolute atomic E-state index is 0.0798. The van der Waals surface area contributed by atoms with E-state index < -0.39 is 0 Å². The molecule has 0 aliphatic heterocycles. The van der Waals surface area contributed by atoms with Crippen LogP contribution in [0.5, 0.6) is 0 Å². The number of benzene rings is 1. The second-order valence-electron chi connectivity index (χ2n) is 7.07. The first kappa shape index (κ1) is 15.9. The fraction of sp³-hybridized carbons (Fsp3) is 0.400. The largest absolute Gasteiger partial charge is 0.349 e. The molecule has 0 spiro atoms. The summed E-state index contributed by atoms with van der Waals surface area (Å²) in [5.41, 5.74) is 2.05. The highest BCUT2D eigenvalue weighted by Gasteiger charge is 2.22. The van der Waals surface area contributed by atoms with E-state index in [1.165, 1.54) is 23.8 Å². The van der Waals surface area contributed by atoms with E-state index in [4.69, 9.17) is 0 Å². The van der Waals surface area contributed by atoms with Crippen LogP contribution in [0.4, 0.5) is 0 Å². The number of carbonyl (C=O) groups is 1. The SMILES string of the molecule is Cn1cc(C(=O)NC2CCCCC2)c2c3ccccc3n(C)c2c1=O. The van der Waals surface area contributed by atoms with Crippen molar-refractivity contribution in [3.05, 3.63) is 46.4 Å². The summed E-state index contributed by atoms with van der Waals surface area (Å²) in [6, 6.07) is 8.10. The Labute approximate surface area is 146 Å². The number of amides is 1. The number of aryl methyl sites for hydroxylation is 2. The van der Waals surface area contributed by atoms with E-state index in [9.17, 15) is 9.59 Å². The third-order valence-corrected chi connectivity index (χ3v) is 5.41. The fourth-order valence-electron chi connectivity index (χ4n) is 4.08. The van der Waals surface area contributed by atoms with Crippen LogP contribution >= 0.6 is 0 Å². The first-order chi connectivity index (χ1) is 12.1. The van der Waals surface area contributed by atoms with Crippen LogP contribution in [0, 0.1) is 0 Å². The number of carbonyl (C=O) groups excluding carboxylic acids is 1. The van der Waals surface area contributed by atoms with E-state index in [-0.39, 0.29) is 17.5 Å². The van der Waals surface area contributed by atoms with Gasteiger partial charge in [-0.2, -0.15) is 0 Å². The molecule has 1 fully saturated rings. The average molecular weight is 337 g/mol. The van der Waals surface area contributed by atoms with E-state index >= 15 is 0 Å². The fourth-order valence-corrected chi connectivity index (χ4v) is 4.08. The molecule has 0 unspecified atom stereocenters. The molecule has 1 amide bonds. The Morgan fingerprint density at radius 3 is 2.60 bits per heavy atom. The number of aromatic nitrogens is 2. The summed E-state index contributed by atoms with van der Waals surface area (Å²) in [6.07, 6.45) is 7.34. The average Bonchev–Trinajstić information content (AvgIpc) is 2.92. The smallest absolute Gasteiger partial charge is 0.274 e. The Morgan fingerprint density at radius 2 is 1.84 bits per heavy atom. The van der Waals surface area contributed by atoms with Crippen LogP contribution in [0.1, 0.15) is 42.5 Å². The molecule has 130 valence electrons. The monoisotopic (exact) mass is 337 g/mol. The molecule has 1 N–H and O–H groups in total. The Bertz CT molecular complexity index is 1020. The molecule has 0 radical (unpaired) electrons. The molecular weight excluding hydrogens is 314 g/mol. The quantitative estimate of drug-likeness (QED) is 0.781. The molecule has 0 saturated heterocycles. The van der Waals surface area contributed by atoms with Gasteiger partial charge in [-0.3, -0.25) is 9.59 Å². The van der Waals surface area contributed by atoms with Gasteiger partial charge in [-0.25, -0.2) is 0 Å². The maximum absolute atomic E-state index is 13.0. The third-order valence-electron chi connectivity index (χ3n) is 5.41. The Hall–Kier alpha value is -2.56. The first-order valence-electron chi connectivity index (χ1n) is 8.95. The van der Waals surface area contributed by atoms with Crippen LogP contribution in [0.25, 0.3) is 21.8 Å². The van der Waals surface area contributed by atoms with Crippen molar-refractivity contribution in [1.29, 1.82) is 0 Å². The molecule has 0 bridgehead atoms. The second-order valence-corrected chi connectivity index (χ2v) is 7.07. The molecule has 1 aliphatic rings. The van der Waals surface area contributed by atoms with Gasteiger partial charge in [-0.15, -0.1) is 0 Å². The van der Waals surface area contributed by atoms with Gasteiger partial charge in [-0.1, -0.05) is 37.5 Å². The number of hydrogen-bond acceptors (Lipinski definition) is 2. The van der Waals surface area contributed by atoms with Gasteiger partial charge in [0.1, 0.15) is 5.52 Å². The van der Waals surface area contributed by atoms with Crippen molar-refractivity contribution in [3.8, 4) is 0 Å². The molecule has 4 rings (SSSR count). The Morgan fingerprint density at radius 1 is 1.12 bits per heavy atom. The zero-order chi connectivity index (χ0) is 17.6. The molecular formula is C20H23N3O2. The number of pyridine rings is 1. The second kappa shape index (κ2) is 6.06. The summed E-state index contributed by atoms with van der Waals surface area (Å²) in [5, 5.41) is 4.89. The molecule has 1 aromatic carbocycles. The van der Waals surface area contributed by atoms with Gasteiger partial charge in [0.15, 0.2) is 0 Å². The lowest BCUT2D eigenvalue weighted by molar-refractivity contribution is 0.0928. The van der Waals surface area contributed by atoms with Gasteiger partial charge in [-0.05, 0) is 18.9 Å². The summed E-state index contributed by atoms with van der Waals surface area (Å²) in [5.74, 6) is -0.0798. The molecule has 1 saturated carbocycles. The van der Waals surface area contributed by atoms with E-state index in [1.807, 2.05) is 35.9 Å². The van der Waals surface area contributed by atoms with Gasteiger partial charge in [0, 0.05) is 42.6 Å². The van der Waals surface area contributed by atoms with Crippen molar-refractivity contribution >= 4 is 27.7 Å². The number of nitrogens with one attached hydrogen (secondary N) is 1. The number of para-hydroxylation sites is 1. The third kappa shape index (κ3) is 2.54. The van der Waals surface area contributed by atoms with Crippen LogP contribution in [0.2, 0.25) is 0 Å². The summed E-state index contributed by atoms with van der Waals surface area (Å²) in [6.45, 7) is 0. The molecule has 2 aromatic heterocycles. The van der Waals surface area contributed by atoms with Gasteiger partial charge in [0.05, 0.1) is 5.56 Å². The highest BCUT2D eigenvalue weighted by atomic mass is 16.2. The van der Waals surface area contributed by atoms with Gasteiger partial charge in [0.25, 0.3) is 11.5 Å². The lowest BCUT2D eigenvalue weighted by Crippen LogP contribution is -2.37. The Balaban J connectivity index is 1.91. The molecule has 3 aromatic rings. The Kier molecular flexibility index (Phi) is 3.86. The predicted octanol–water partition coefficient (Wildman–Crippen LogP) is 3.09. The molecule has 2 heterocycles. The van der Waals surface area contributed by atoms with E-state index in [0.717, 1.165) is 29.1 Å². The minimum atomic E-state index is -0.0806. The van der Waals surface area contributed by atoms with Crippen molar-refractivity contribution in [3.63, 3.8) is 0 Å². The predicted molar refractivity (Wildman–Crippen MR) is 100 cm³/mol. The van der Waals surface area contributed by atoms with E-state index in [2.05, 4.69) is 5.32 Å². The molecule has 5 heteroatoms. The summed E-state index contributed by atoms with van der Waals surface area (Å²) in [4.78, 5) is 25.7. The zero-order valence-corrected chi connectivity index (χ0v) is 14.7. The van der Waals surface area contributed by atoms with Crippen LogP contribution in [-0.2, 0) is 14.1 Å². The molecule has 25 heavy (non-hydrogen) atoms. The maximum atomic E-state index is 13.0. The number of nitrogens with zero attached hydrogens (tertiary/aromatic N) is 2. The van der Waals surface area contributed by atoms with Crippen molar-refractivity contribution in [2.24, 2.45) is 14.1 Å². The number of rotatable bonds is 2. The van der Waals surface area contributed by atoms with Crippen molar-refractivity contribution in [2.75, 3.05) is 0 Å². The van der Waals surface area contributed by atoms with Gasteiger partial charge < -0.3 is 14.5 Å². The van der Waals surface area contributed by atoms with Crippen molar-refractivity contribution in [2.45, 2.75) is 38.1 Å². The van der Waals surface area contributed by atoms with Crippen LogP contribution in [0.15, 0.2) is 35.3 Å². The number of hydrogen-bond donors (Lipinski definition) is 1. The van der Waals surface area contributed by atoms with E-state index in [0.29, 0.717) is 11.1 Å². The number of fused-ring (bicyclic) bond motifs is 3. The van der Waals surface area contributed by atoms with Gasteiger partial charge >= 0.3 is 0 Å². The van der Waals surface area contributed by atoms with Crippen molar-refractivity contribution in [1.82, 2.24) is 14.5 Å². The molecule has 0 atom stereocenters. The summed E-state index contributed by atoms with van der Waals surface area (Å²) >= 11 is 0. The van der Waals surface area contributed by atoms with Gasteiger partial charge in [0.2, 0.25) is 0 Å². The first-order valence-corrected chi connectivity index (χ1v) is 8.95. The standard InChI is InChI=1S/C20H23N3O2/c1-22-12-15(19(24)21-13-8-4-3-5-9-13)17-14-10-6-7-11-16(14)23(2)18(17)20(22)25/h6-7,10-13H,3-5,8-9H2,1-2H3,(H,21,24). The summed E-state index contributed by atoms with van der Waals surface area (Å²) < 4.78 is 3.40. The minimum Gasteiger partial charge on any atom is -0.349 e. The lowest BCUT2D eigenvalue weighted by atomic mass is 9.95. The van der Waals surface area contributed by atoms with Crippen LogP contribution in [-0.4, -0.2) is 21.1 Å². The summed E-state index contributed by atoms with van der Waals surface area (Å²) in [7, 11) is 3.59.